The number of Topliss-reactive ketones (excluding diaryl/α,β-unsaturated/α-hetero) is 1. The zero-order valence-corrected chi connectivity index (χ0v) is 14.9. The number of para-hydroxylation sites is 1. The van der Waals surface area contributed by atoms with E-state index in [-0.39, 0.29) is 18.6 Å². The number of fused-ring (bicyclic) bond motifs is 1. The molecule has 1 amide bonds. The van der Waals surface area contributed by atoms with Crippen molar-refractivity contribution in [3.05, 3.63) is 59.9 Å². The predicted molar refractivity (Wildman–Crippen MR) is 99.2 cm³/mol. The van der Waals surface area contributed by atoms with Crippen LogP contribution < -0.4 is 5.32 Å². The Balaban J connectivity index is 1.42. The second-order valence-corrected chi connectivity index (χ2v) is 6.66. The van der Waals surface area contributed by atoms with E-state index in [4.69, 9.17) is 4.74 Å². The molecule has 0 fully saturated rings. The third-order valence-electron chi connectivity index (χ3n) is 3.63. The number of nitrogens with zero attached hydrogens (tertiary/aromatic N) is 1. The maximum absolute atomic E-state index is 12.8. The number of carbonyl (C=O) groups is 3. The standard InChI is InChI=1S/C19H15FN2O4S/c20-13-7-5-12(6-8-13)15(23)9-10-18(25)26-11-17(24)22-19-21-14-3-1-2-4-16(14)27-19/h1-8H,9-11H2,(H,21,22,24). The van der Waals surface area contributed by atoms with Crippen molar-refractivity contribution in [2.24, 2.45) is 0 Å². The van der Waals surface area contributed by atoms with Crippen LogP contribution in [0.2, 0.25) is 0 Å². The maximum atomic E-state index is 12.8. The molecule has 3 aromatic rings. The molecule has 8 heteroatoms. The first-order valence-electron chi connectivity index (χ1n) is 8.11. The number of carbonyl (C=O) groups excluding carboxylic acids is 3. The van der Waals surface area contributed by atoms with Gasteiger partial charge in [0.25, 0.3) is 5.91 Å². The van der Waals surface area contributed by atoms with E-state index in [1.54, 1.807) is 0 Å². The van der Waals surface area contributed by atoms with E-state index in [2.05, 4.69) is 10.3 Å². The van der Waals surface area contributed by atoms with Crippen LogP contribution in [-0.2, 0) is 14.3 Å². The fourth-order valence-corrected chi connectivity index (χ4v) is 3.18. The molecule has 6 nitrogen and oxygen atoms in total. The molecule has 0 radical (unpaired) electrons. The predicted octanol–water partition coefficient (Wildman–Crippen LogP) is 3.58. The topological polar surface area (TPSA) is 85.4 Å². The highest BCUT2D eigenvalue weighted by atomic mass is 32.1. The van der Waals surface area contributed by atoms with E-state index in [1.807, 2.05) is 24.3 Å². The zero-order valence-electron chi connectivity index (χ0n) is 14.1. The SMILES string of the molecule is O=C(COC(=O)CCC(=O)c1ccc(F)cc1)Nc1nc2ccccc2s1. The number of anilines is 1. The number of ether oxygens (including phenoxy) is 1. The molecule has 2 aromatic carbocycles. The van der Waals surface area contributed by atoms with Gasteiger partial charge in [0.15, 0.2) is 17.5 Å². The molecular weight excluding hydrogens is 371 g/mol. The van der Waals surface area contributed by atoms with Crippen molar-refractivity contribution < 1.29 is 23.5 Å². The number of thiazole rings is 1. The normalized spacial score (nSPS) is 10.6. The maximum Gasteiger partial charge on any atom is 0.306 e. The molecule has 0 saturated heterocycles. The fraction of sp³-hybridized carbons (Fsp3) is 0.158. The van der Waals surface area contributed by atoms with Crippen molar-refractivity contribution in [2.45, 2.75) is 12.8 Å². The lowest BCUT2D eigenvalue weighted by Gasteiger charge is -2.04. The summed E-state index contributed by atoms with van der Waals surface area (Å²) in [4.78, 5) is 39.7. The minimum absolute atomic E-state index is 0.0794. The third-order valence-corrected chi connectivity index (χ3v) is 4.58. The molecule has 138 valence electrons. The molecule has 1 heterocycles. The Bertz CT molecular complexity index is 952. The van der Waals surface area contributed by atoms with Gasteiger partial charge in [-0.1, -0.05) is 23.5 Å². The quantitative estimate of drug-likeness (QED) is 0.496. The van der Waals surface area contributed by atoms with Gasteiger partial charge in [-0.25, -0.2) is 9.37 Å². The summed E-state index contributed by atoms with van der Waals surface area (Å²) < 4.78 is 18.6. The molecule has 0 aliphatic carbocycles. The molecule has 0 aliphatic rings. The number of amides is 1. The Hall–Kier alpha value is -3.13. The van der Waals surface area contributed by atoms with E-state index in [0.29, 0.717) is 10.7 Å². The van der Waals surface area contributed by atoms with Crippen LogP contribution in [-0.4, -0.2) is 29.3 Å². The van der Waals surface area contributed by atoms with Gasteiger partial charge >= 0.3 is 5.97 Å². The van der Waals surface area contributed by atoms with E-state index in [9.17, 15) is 18.8 Å². The second-order valence-electron chi connectivity index (χ2n) is 5.63. The van der Waals surface area contributed by atoms with Gasteiger partial charge in [-0.3, -0.25) is 19.7 Å². The number of ketones is 1. The van der Waals surface area contributed by atoms with Crippen LogP contribution in [0.5, 0.6) is 0 Å². The van der Waals surface area contributed by atoms with E-state index >= 15 is 0 Å². The van der Waals surface area contributed by atoms with Crippen molar-refractivity contribution in [1.29, 1.82) is 0 Å². The third kappa shape index (κ3) is 5.18. The monoisotopic (exact) mass is 386 g/mol. The van der Waals surface area contributed by atoms with Crippen molar-refractivity contribution in [1.82, 2.24) is 4.98 Å². The molecule has 0 saturated carbocycles. The van der Waals surface area contributed by atoms with Crippen LogP contribution >= 0.6 is 11.3 Å². The molecule has 3 rings (SSSR count). The number of aromatic nitrogens is 1. The van der Waals surface area contributed by atoms with Gasteiger partial charge in [0.1, 0.15) is 5.82 Å². The minimum Gasteiger partial charge on any atom is -0.456 e. The highest BCUT2D eigenvalue weighted by Crippen LogP contribution is 2.25. The highest BCUT2D eigenvalue weighted by Gasteiger charge is 2.13. The Kier molecular flexibility index (Phi) is 5.87. The van der Waals surface area contributed by atoms with Gasteiger partial charge in [0.2, 0.25) is 0 Å². The number of hydrogen-bond donors (Lipinski definition) is 1. The number of nitrogens with one attached hydrogen (secondary N) is 1. The number of rotatable bonds is 7. The van der Waals surface area contributed by atoms with Crippen LogP contribution in [0.15, 0.2) is 48.5 Å². The molecule has 0 aliphatic heterocycles. The number of halogens is 1. The Morgan fingerprint density at radius 1 is 1.04 bits per heavy atom. The molecule has 1 aromatic heterocycles. The lowest BCUT2D eigenvalue weighted by Crippen LogP contribution is -2.21. The first kappa shape index (κ1) is 18.7. The first-order chi connectivity index (χ1) is 13.0. The summed E-state index contributed by atoms with van der Waals surface area (Å²) in [7, 11) is 0. The average Bonchev–Trinajstić information content (AvgIpc) is 3.07. The number of esters is 1. The van der Waals surface area contributed by atoms with Crippen LogP contribution in [0.4, 0.5) is 9.52 Å². The average molecular weight is 386 g/mol. The van der Waals surface area contributed by atoms with E-state index < -0.39 is 24.3 Å². The molecule has 1 N–H and O–H groups in total. The Labute approximate surface area is 158 Å². The smallest absolute Gasteiger partial charge is 0.306 e. The summed E-state index contributed by atoms with van der Waals surface area (Å²) in [5.74, 6) is -1.91. The molecule has 27 heavy (non-hydrogen) atoms. The lowest BCUT2D eigenvalue weighted by atomic mass is 10.1. The molecular formula is C19H15FN2O4S. The van der Waals surface area contributed by atoms with Gasteiger partial charge in [-0.05, 0) is 36.4 Å². The zero-order chi connectivity index (χ0) is 19.2. The van der Waals surface area contributed by atoms with E-state index in [1.165, 1.54) is 35.6 Å². The van der Waals surface area contributed by atoms with Gasteiger partial charge in [0.05, 0.1) is 16.6 Å². The van der Waals surface area contributed by atoms with Crippen molar-refractivity contribution in [2.75, 3.05) is 11.9 Å². The van der Waals surface area contributed by atoms with Gasteiger partial charge in [0, 0.05) is 12.0 Å². The number of benzene rings is 2. The summed E-state index contributed by atoms with van der Waals surface area (Å²) in [5.41, 5.74) is 1.09. The Morgan fingerprint density at radius 2 is 1.78 bits per heavy atom. The van der Waals surface area contributed by atoms with Gasteiger partial charge in [-0.15, -0.1) is 0 Å². The van der Waals surface area contributed by atoms with Crippen molar-refractivity contribution in [3.63, 3.8) is 0 Å². The van der Waals surface area contributed by atoms with Crippen LogP contribution in [0, 0.1) is 5.82 Å². The number of hydrogen-bond acceptors (Lipinski definition) is 6. The van der Waals surface area contributed by atoms with Crippen molar-refractivity contribution in [3.8, 4) is 0 Å². The van der Waals surface area contributed by atoms with Crippen LogP contribution in [0.1, 0.15) is 23.2 Å². The van der Waals surface area contributed by atoms with Crippen LogP contribution in [0.3, 0.4) is 0 Å². The summed E-state index contributed by atoms with van der Waals surface area (Å²) in [6, 6.07) is 12.5. The summed E-state index contributed by atoms with van der Waals surface area (Å²) in [6.07, 6.45) is -0.241. The summed E-state index contributed by atoms with van der Waals surface area (Å²) in [5, 5.41) is 2.99. The molecule has 0 bridgehead atoms. The van der Waals surface area contributed by atoms with E-state index in [0.717, 1.165) is 10.2 Å². The molecule has 0 spiro atoms. The highest BCUT2D eigenvalue weighted by molar-refractivity contribution is 7.22. The van der Waals surface area contributed by atoms with Gasteiger partial charge in [-0.2, -0.15) is 0 Å². The summed E-state index contributed by atoms with van der Waals surface area (Å²) >= 11 is 1.32. The summed E-state index contributed by atoms with van der Waals surface area (Å²) in [6.45, 7) is -0.459. The lowest BCUT2D eigenvalue weighted by molar-refractivity contribution is -0.147. The minimum atomic E-state index is -0.662. The largest absolute Gasteiger partial charge is 0.456 e. The second kappa shape index (κ2) is 8.50. The molecule has 0 atom stereocenters. The van der Waals surface area contributed by atoms with Crippen LogP contribution in [0.25, 0.3) is 10.2 Å². The van der Waals surface area contributed by atoms with Crippen molar-refractivity contribution >= 4 is 44.3 Å². The van der Waals surface area contributed by atoms with Gasteiger partial charge < -0.3 is 4.74 Å². The first-order valence-corrected chi connectivity index (χ1v) is 8.93. The Morgan fingerprint density at radius 3 is 2.52 bits per heavy atom. The fourth-order valence-electron chi connectivity index (χ4n) is 2.29. The molecule has 0 unspecified atom stereocenters.